The van der Waals surface area contributed by atoms with E-state index in [1.54, 1.807) is 0 Å². The second-order valence-electron chi connectivity index (χ2n) is 8.64. The summed E-state index contributed by atoms with van der Waals surface area (Å²) in [4.78, 5) is 21.3. The lowest BCUT2D eigenvalue weighted by Gasteiger charge is -2.39. The quantitative estimate of drug-likeness (QED) is 0.761. The maximum atomic E-state index is 12.4. The van der Waals surface area contributed by atoms with Crippen molar-refractivity contribution in [2.24, 2.45) is 5.41 Å². The number of halogens is 1. The fourth-order valence-corrected chi connectivity index (χ4v) is 5.31. The van der Waals surface area contributed by atoms with Gasteiger partial charge in [0.05, 0.1) is 24.3 Å². The summed E-state index contributed by atoms with van der Waals surface area (Å²) < 4.78 is 5.46. The van der Waals surface area contributed by atoms with Crippen molar-refractivity contribution in [2.75, 3.05) is 61.5 Å². The number of nitrogens with two attached hydrogens (primary N) is 1. The number of nitrogens with zero attached hydrogens (tertiary/aromatic N) is 3. The van der Waals surface area contributed by atoms with Gasteiger partial charge in [-0.1, -0.05) is 23.7 Å². The van der Waals surface area contributed by atoms with Crippen molar-refractivity contribution in [3.8, 4) is 11.1 Å². The Morgan fingerprint density at radius 1 is 1.03 bits per heavy atom. The van der Waals surface area contributed by atoms with E-state index in [1.807, 2.05) is 6.20 Å². The summed E-state index contributed by atoms with van der Waals surface area (Å²) in [6.45, 7) is 5.66. The van der Waals surface area contributed by atoms with Crippen LogP contribution < -0.4 is 20.9 Å². The lowest BCUT2D eigenvalue weighted by atomic mass is 9.77. The van der Waals surface area contributed by atoms with Crippen LogP contribution in [0.3, 0.4) is 0 Å². The monoisotopic (exact) mass is 441 g/mol. The third kappa shape index (κ3) is 3.70. The SMILES string of the molecule is Nc1ncc(-c2ccc(N3CCOCC3)cc2)c(N2CCC3(CCNC3=O)CC2)c1Cl. The molecule has 0 bridgehead atoms. The minimum atomic E-state index is -0.221. The Hall–Kier alpha value is -2.51. The molecule has 1 aromatic heterocycles. The molecule has 0 atom stereocenters. The van der Waals surface area contributed by atoms with Crippen LogP contribution in [0.2, 0.25) is 5.02 Å². The Morgan fingerprint density at radius 3 is 2.39 bits per heavy atom. The molecule has 3 aliphatic heterocycles. The maximum Gasteiger partial charge on any atom is 0.226 e. The van der Waals surface area contributed by atoms with Gasteiger partial charge in [-0.05, 0) is 37.0 Å². The minimum absolute atomic E-state index is 0.200. The van der Waals surface area contributed by atoms with Crippen molar-refractivity contribution in [1.29, 1.82) is 0 Å². The van der Waals surface area contributed by atoms with Crippen LogP contribution in [0.5, 0.6) is 0 Å². The van der Waals surface area contributed by atoms with E-state index in [9.17, 15) is 4.79 Å². The predicted octanol–water partition coefficient (Wildman–Crippen LogP) is 2.93. The Kier molecular flexibility index (Phi) is 5.40. The fourth-order valence-electron chi connectivity index (χ4n) is 5.04. The molecule has 1 aromatic carbocycles. The van der Waals surface area contributed by atoms with E-state index in [1.165, 1.54) is 5.69 Å². The number of hydrogen-bond donors (Lipinski definition) is 2. The smallest absolute Gasteiger partial charge is 0.226 e. The number of amides is 1. The Morgan fingerprint density at radius 2 is 1.74 bits per heavy atom. The molecule has 3 saturated heterocycles. The number of aromatic nitrogens is 1. The van der Waals surface area contributed by atoms with E-state index in [0.717, 1.165) is 82.0 Å². The number of anilines is 3. The molecule has 3 N–H and O–H groups in total. The van der Waals surface area contributed by atoms with Gasteiger partial charge in [-0.3, -0.25) is 4.79 Å². The zero-order valence-corrected chi connectivity index (χ0v) is 18.3. The molecule has 0 saturated carbocycles. The molecule has 164 valence electrons. The molecule has 0 aliphatic carbocycles. The van der Waals surface area contributed by atoms with Crippen LogP contribution in [0.1, 0.15) is 19.3 Å². The van der Waals surface area contributed by atoms with Crippen LogP contribution in [0.25, 0.3) is 11.1 Å². The van der Waals surface area contributed by atoms with E-state index in [-0.39, 0.29) is 11.3 Å². The number of carbonyl (C=O) groups excluding carboxylic acids is 1. The van der Waals surface area contributed by atoms with Crippen LogP contribution in [0, 0.1) is 5.41 Å². The molecular weight excluding hydrogens is 414 g/mol. The van der Waals surface area contributed by atoms with Crippen LogP contribution in [0.15, 0.2) is 30.5 Å². The first kappa shape index (κ1) is 20.4. The van der Waals surface area contributed by atoms with E-state index < -0.39 is 0 Å². The third-order valence-electron chi connectivity index (χ3n) is 6.98. The summed E-state index contributed by atoms with van der Waals surface area (Å²) in [6.07, 6.45) is 4.38. The van der Waals surface area contributed by atoms with Crippen molar-refractivity contribution in [1.82, 2.24) is 10.3 Å². The summed E-state index contributed by atoms with van der Waals surface area (Å²) in [6, 6.07) is 8.52. The number of benzene rings is 1. The normalized spacial score (nSPS) is 20.9. The number of ether oxygens (including phenoxy) is 1. The van der Waals surface area contributed by atoms with E-state index in [2.05, 4.69) is 44.4 Å². The van der Waals surface area contributed by atoms with Gasteiger partial charge in [-0.15, -0.1) is 0 Å². The van der Waals surface area contributed by atoms with Gasteiger partial charge < -0.3 is 25.6 Å². The first-order valence-corrected chi connectivity index (χ1v) is 11.4. The van der Waals surface area contributed by atoms with Crippen LogP contribution in [-0.2, 0) is 9.53 Å². The first-order chi connectivity index (χ1) is 15.1. The Labute approximate surface area is 187 Å². The number of nitrogens with one attached hydrogen (secondary N) is 1. The number of pyridine rings is 1. The van der Waals surface area contributed by atoms with Gasteiger partial charge in [0.15, 0.2) is 0 Å². The Bertz CT molecular complexity index is 967. The van der Waals surface area contributed by atoms with Gasteiger partial charge in [-0.25, -0.2) is 4.98 Å². The molecule has 3 aliphatic rings. The molecule has 0 unspecified atom stereocenters. The molecule has 1 amide bonds. The van der Waals surface area contributed by atoms with Crippen molar-refractivity contribution >= 4 is 34.7 Å². The van der Waals surface area contributed by atoms with Gasteiger partial charge >= 0.3 is 0 Å². The number of hydrogen-bond acceptors (Lipinski definition) is 6. The van der Waals surface area contributed by atoms with Gasteiger partial charge in [0, 0.05) is 50.2 Å². The minimum Gasteiger partial charge on any atom is -0.382 e. The molecule has 31 heavy (non-hydrogen) atoms. The summed E-state index contributed by atoms with van der Waals surface area (Å²) in [7, 11) is 0. The van der Waals surface area contributed by atoms with E-state index in [4.69, 9.17) is 22.1 Å². The van der Waals surface area contributed by atoms with Gasteiger partial charge in [0.1, 0.15) is 10.8 Å². The largest absolute Gasteiger partial charge is 0.382 e. The lowest BCUT2D eigenvalue weighted by molar-refractivity contribution is -0.128. The fraction of sp³-hybridized carbons (Fsp3) is 0.478. The highest BCUT2D eigenvalue weighted by Gasteiger charge is 2.44. The van der Waals surface area contributed by atoms with E-state index >= 15 is 0 Å². The molecular formula is C23H28ClN5O2. The molecule has 2 aromatic rings. The third-order valence-corrected chi connectivity index (χ3v) is 7.36. The maximum absolute atomic E-state index is 12.4. The van der Waals surface area contributed by atoms with Crippen molar-refractivity contribution in [3.63, 3.8) is 0 Å². The number of piperidine rings is 1. The topological polar surface area (TPSA) is 83.7 Å². The van der Waals surface area contributed by atoms with Crippen molar-refractivity contribution < 1.29 is 9.53 Å². The highest BCUT2D eigenvalue weighted by atomic mass is 35.5. The van der Waals surface area contributed by atoms with Crippen molar-refractivity contribution in [2.45, 2.75) is 19.3 Å². The van der Waals surface area contributed by atoms with Crippen LogP contribution in [0.4, 0.5) is 17.2 Å². The Balaban J connectivity index is 1.42. The highest BCUT2D eigenvalue weighted by Crippen LogP contribution is 2.44. The number of nitrogen functional groups attached to an aromatic ring is 1. The van der Waals surface area contributed by atoms with Gasteiger partial charge in [0.2, 0.25) is 5.91 Å². The van der Waals surface area contributed by atoms with Gasteiger partial charge in [0.25, 0.3) is 0 Å². The standard InChI is InChI=1S/C23H28ClN5O2/c24-19-20(29-9-6-23(7-10-29)5-8-26-22(23)30)18(15-27-21(19)25)16-1-3-17(4-2-16)28-11-13-31-14-12-28/h1-4,15H,5-14H2,(H2,25,27)(H,26,30). The first-order valence-electron chi connectivity index (χ1n) is 11.0. The second kappa shape index (κ2) is 8.20. The molecule has 3 fully saturated rings. The average Bonchev–Trinajstić information content (AvgIpc) is 3.16. The summed E-state index contributed by atoms with van der Waals surface area (Å²) in [5.41, 5.74) is 10.00. The lowest BCUT2D eigenvalue weighted by Crippen LogP contribution is -2.44. The summed E-state index contributed by atoms with van der Waals surface area (Å²) in [5, 5.41) is 3.49. The van der Waals surface area contributed by atoms with Crippen LogP contribution in [-0.4, -0.2) is 56.8 Å². The summed E-state index contributed by atoms with van der Waals surface area (Å²) in [5.74, 6) is 0.538. The molecule has 8 heteroatoms. The second-order valence-corrected chi connectivity index (χ2v) is 9.02. The predicted molar refractivity (Wildman–Crippen MR) is 124 cm³/mol. The number of morpholine rings is 1. The number of carbonyl (C=O) groups is 1. The van der Waals surface area contributed by atoms with E-state index in [0.29, 0.717) is 10.8 Å². The molecule has 4 heterocycles. The number of rotatable bonds is 3. The van der Waals surface area contributed by atoms with Gasteiger partial charge in [-0.2, -0.15) is 0 Å². The average molecular weight is 442 g/mol. The molecule has 5 rings (SSSR count). The van der Waals surface area contributed by atoms with Crippen molar-refractivity contribution in [3.05, 3.63) is 35.5 Å². The molecule has 7 nitrogen and oxygen atoms in total. The molecule has 0 radical (unpaired) electrons. The zero-order valence-electron chi connectivity index (χ0n) is 17.6. The molecule has 1 spiro atoms. The zero-order chi connectivity index (χ0) is 21.4. The highest BCUT2D eigenvalue weighted by molar-refractivity contribution is 6.36. The van der Waals surface area contributed by atoms with Crippen LogP contribution >= 0.6 is 11.6 Å². The summed E-state index contributed by atoms with van der Waals surface area (Å²) >= 11 is 6.68.